The van der Waals surface area contributed by atoms with Crippen LogP contribution in [0.1, 0.15) is 69.8 Å². The van der Waals surface area contributed by atoms with Crippen molar-refractivity contribution in [3.8, 4) is 0 Å². The minimum absolute atomic E-state index is 0.0824. The van der Waals surface area contributed by atoms with Crippen LogP contribution in [0.4, 0.5) is 11.4 Å². The Morgan fingerprint density at radius 1 is 0.814 bits per heavy atom. The highest BCUT2D eigenvalue weighted by atomic mass is 15.1. The van der Waals surface area contributed by atoms with Crippen molar-refractivity contribution in [3.05, 3.63) is 315 Å². The topological polar surface area (TPSA) is 18.5 Å². The summed E-state index contributed by atoms with van der Waals surface area (Å²) in [5.41, 5.74) is 14.3. The molecular formula is C67H75N3. The fraction of sp³-hybridized carbons (Fsp3) is 0.194. The fourth-order valence-electron chi connectivity index (χ4n) is 8.78. The first-order valence-corrected chi connectivity index (χ1v) is 24.6. The van der Waals surface area contributed by atoms with Crippen LogP contribution in [0.5, 0.6) is 0 Å². The maximum atomic E-state index is 4.59. The van der Waals surface area contributed by atoms with Crippen LogP contribution in [0, 0.1) is 5.92 Å². The molecule has 0 aromatic heterocycles. The minimum Gasteiger partial charge on any atom is -0.356 e. The molecule has 0 radical (unpaired) electrons. The summed E-state index contributed by atoms with van der Waals surface area (Å²) >= 11 is 0. The second kappa shape index (κ2) is 28.0. The Hall–Kier alpha value is -7.62. The van der Waals surface area contributed by atoms with Gasteiger partial charge in [0.25, 0.3) is 0 Å². The predicted octanol–water partition coefficient (Wildman–Crippen LogP) is 18.0. The number of para-hydroxylation sites is 1. The zero-order chi connectivity index (χ0) is 50.3. The van der Waals surface area contributed by atoms with Crippen LogP contribution in [-0.2, 0) is 0 Å². The molecule has 0 spiro atoms. The molecule has 3 aliphatic rings. The van der Waals surface area contributed by atoms with Crippen LogP contribution < -0.4 is 10.2 Å². The second-order valence-corrected chi connectivity index (χ2v) is 17.8. The zero-order valence-electron chi connectivity index (χ0n) is 41.9. The van der Waals surface area contributed by atoms with E-state index < -0.39 is 0 Å². The summed E-state index contributed by atoms with van der Waals surface area (Å²) in [5, 5.41) is 3.54. The molecule has 0 fully saturated rings. The molecule has 358 valence electrons. The molecule has 0 amide bonds. The average Bonchev–Trinajstić information content (AvgIpc) is 3.37. The lowest BCUT2D eigenvalue weighted by molar-refractivity contribution is 0.395. The summed E-state index contributed by atoms with van der Waals surface area (Å²) < 4.78 is 0. The zero-order valence-corrected chi connectivity index (χ0v) is 41.9. The second-order valence-electron chi connectivity index (χ2n) is 17.8. The monoisotopic (exact) mass is 922 g/mol. The van der Waals surface area contributed by atoms with Gasteiger partial charge in [0.05, 0.1) is 6.04 Å². The van der Waals surface area contributed by atoms with Crippen molar-refractivity contribution in [1.29, 1.82) is 0 Å². The molecule has 3 atom stereocenters. The van der Waals surface area contributed by atoms with Gasteiger partial charge in [-0.05, 0) is 151 Å². The molecule has 0 bridgehead atoms. The van der Waals surface area contributed by atoms with E-state index in [4.69, 9.17) is 0 Å². The van der Waals surface area contributed by atoms with E-state index in [0.29, 0.717) is 12.5 Å². The van der Waals surface area contributed by atoms with Gasteiger partial charge < -0.3 is 15.1 Å². The van der Waals surface area contributed by atoms with Crippen molar-refractivity contribution in [3.63, 3.8) is 0 Å². The molecule has 5 rings (SSSR count). The van der Waals surface area contributed by atoms with Crippen molar-refractivity contribution in [2.24, 2.45) is 5.92 Å². The van der Waals surface area contributed by atoms with E-state index in [1.807, 2.05) is 72.9 Å². The van der Waals surface area contributed by atoms with E-state index >= 15 is 0 Å². The van der Waals surface area contributed by atoms with Gasteiger partial charge in [0.2, 0.25) is 0 Å². The number of rotatable bonds is 26. The molecular weight excluding hydrogens is 847 g/mol. The molecule has 3 heteroatoms. The molecule has 2 aromatic rings. The first kappa shape index (κ1) is 53.3. The Balaban J connectivity index is 1.39. The molecule has 0 saturated heterocycles. The summed E-state index contributed by atoms with van der Waals surface area (Å²) in [5.74, 6) is 0.302. The van der Waals surface area contributed by atoms with Crippen LogP contribution in [0.15, 0.2) is 310 Å². The number of hydrogen-bond donors (Lipinski definition) is 1. The average molecular weight is 922 g/mol. The summed E-state index contributed by atoms with van der Waals surface area (Å²) in [4.78, 5) is 4.52. The lowest BCUT2D eigenvalue weighted by atomic mass is 9.82. The maximum Gasteiger partial charge on any atom is 0.0555 e. The normalized spacial score (nSPS) is 18.8. The number of nitrogens with one attached hydrogen (secondary N) is 1. The Bertz CT molecular complexity index is 2630. The molecule has 2 aromatic carbocycles. The maximum absolute atomic E-state index is 4.59. The summed E-state index contributed by atoms with van der Waals surface area (Å²) in [6.07, 6.45) is 51.9. The van der Waals surface area contributed by atoms with Crippen molar-refractivity contribution < 1.29 is 0 Å². The molecule has 0 saturated carbocycles. The van der Waals surface area contributed by atoms with Crippen LogP contribution in [0.25, 0.3) is 0 Å². The highest BCUT2D eigenvalue weighted by molar-refractivity contribution is 5.60. The van der Waals surface area contributed by atoms with E-state index in [0.717, 1.165) is 113 Å². The highest BCUT2D eigenvalue weighted by Crippen LogP contribution is 2.37. The minimum atomic E-state index is -0.112. The Labute approximate surface area is 422 Å². The van der Waals surface area contributed by atoms with E-state index in [-0.39, 0.29) is 12.0 Å². The summed E-state index contributed by atoms with van der Waals surface area (Å²) in [7, 11) is 0. The predicted molar refractivity (Wildman–Crippen MR) is 309 cm³/mol. The fourth-order valence-corrected chi connectivity index (χ4v) is 8.78. The summed E-state index contributed by atoms with van der Waals surface area (Å²) in [6.45, 7) is 45.7. The van der Waals surface area contributed by atoms with Crippen LogP contribution in [0.2, 0.25) is 0 Å². The number of anilines is 2. The van der Waals surface area contributed by atoms with E-state index in [2.05, 4.69) is 197 Å². The lowest BCUT2D eigenvalue weighted by Gasteiger charge is -2.33. The lowest BCUT2D eigenvalue weighted by Crippen LogP contribution is -2.30. The van der Waals surface area contributed by atoms with Crippen molar-refractivity contribution in [1.82, 2.24) is 4.90 Å². The largest absolute Gasteiger partial charge is 0.356 e. The van der Waals surface area contributed by atoms with Gasteiger partial charge >= 0.3 is 0 Å². The van der Waals surface area contributed by atoms with Gasteiger partial charge in [0, 0.05) is 47.1 Å². The first-order valence-electron chi connectivity index (χ1n) is 24.6. The van der Waals surface area contributed by atoms with Gasteiger partial charge in [-0.2, -0.15) is 0 Å². The van der Waals surface area contributed by atoms with Gasteiger partial charge in [-0.15, -0.1) is 13.2 Å². The quantitative estimate of drug-likeness (QED) is 0.0749. The highest BCUT2D eigenvalue weighted by Gasteiger charge is 2.22. The summed E-state index contributed by atoms with van der Waals surface area (Å²) in [6, 6.07) is 19.0. The molecule has 3 aliphatic carbocycles. The molecule has 70 heavy (non-hydrogen) atoms. The molecule has 1 N–H and O–H groups in total. The third-order valence-corrected chi connectivity index (χ3v) is 12.8. The van der Waals surface area contributed by atoms with Gasteiger partial charge in [-0.25, -0.2) is 0 Å². The first-order chi connectivity index (χ1) is 34.0. The van der Waals surface area contributed by atoms with Crippen LogP contribution in [-0.4, -0.2) is 17.5 Å². The van der Waals surface area contributed by atoms with Crippen LogP contribution in [0.3, 0.4) is 0 Å². The van der Waals surface area contributed by atoms with Crippen LogP contribution >= 0.6 is 0 Å². The van der Waals surface area contributed by atoms with E-state index in [1.165, 1.54) is 16.7 Å². The Kier molecular flexibility index (Phi) is 21.3. The van der Waals surface area contributed by atoms with E-state index in [9.17, 15) is 0 Å². The van der Waals surface area contributed by atoms with Crippen molar-refractivity contribution >= 4 is 11.4 Å². The van der Waals surface area contributed by atoms with Gasteiger partial charge in [-0.3, -0.25) is 0 Å². The number of nitrogens with zero attached hydrogens (tertiary/aromatic N) is 2. The Morgan fingerprint density at radius 3 is 2.19 bits per heavy atom. The molecule has 0 heterocycles. The standard InChI is InChI=1S/C67H75N3/c1-12-17-29-57(25-13-2)47-48-69(65-43-39-60(40-44-65)67(58(16-5)26-14-3)54(9)49-61-31-22-21-28-53(61)8)55(10)37-35-51(6)52(7)36-38-56(11)70(50-62-32-24-23-30-59(62)27-15-4)66-45-41-64(42-46-66)68-63-33-19-18-20-34-63/h12-16,18-21,24-26,28,32-45,47,49-50,59,66-68H,1,3-11,17,22-23,27,29-31,46,48H2,2H3/b25-13-,37-35-,38-36-,57-47+,58-26+,61-49-,62-50+. The van der Waals surface area contributed by atoms with Gasteiger partial charge in [-0.1, -0.05) is 192 Å². The van der Waals surface area contributed by atoms with Gasteiger partial charge in [0.1, 0.15) is 0 Å². The number of allylic oxidation sites excluding steroid dienone is 25. The van der Waals surface area contributed by atoms with Crippen molar-refractivity contribution in [2.45, 2.75) is 70.3 Å². The Morgan fingerprint density at radius 2 is 1.54 bits per heavy atom. The molecule has 0 aliphatic heterocycles. The smallest absolute Gasteiger partial charge is 0.0555 e. The third-order valence-electron chi connectivity index (χ3n) is 12.8. The van der Waals surface area contributed by atoms with E-state index in [1.54, 1.807) is 0 Å². The number of hydrogen-bond acceptors (Lipinski definition) is 3. The van der Waals surface area contributed by atoms with Crippen molar-refractivity contribution in [2.75, 3.05) is 16.8 Å². The molecule has 3 unspecified atom stereocenters. The number of benzene rings is 2. The SMILES string of the molecule is C=C/C=C(\C=C)C(C(=C)/C=C1/CCC=CC1=C)c1ccc(N(C/C=C(\C=C/C)CCC=C)C(=C)/C=C\C(=C)C(=C)/C=C\C(=C)N(/C=C2\C=CCCC2CC=C)C2C=CC(Nc3ccccc3)=CC2)cc1. The molecule has 3 nitrogen and oxygen atoms in total. The van der Waals surface area contributed by atoms with Gasteiger partial charge in [0.15, 0.2) is 0 Å². The third kappa shape index (κ3) is 15.7.